The number of hydrogen-bond acceptors (Lipinski definition) is 2. The van der Waals surface area contributed by atoms with E-state index < -0.39 is 0 Å². The predicted octanol–water partition coefficient (Wildman–Crippen LogP) is 2.24. The molecule has 3 nitrogen and oxygen atoms in total. The van der Waals surface area contributed by atoms with Crippen molar-refractivity contribution >= 4 is 21.6 Å². The number of nitrogens with two attached hydrogens (primary N) is 1. The molecule has 0 aliphatic rings. The number of halogens is 1. The molecule has 0 saturated carbocycles. The molecule has 1 rings (SSSR count). The van der Waals surface area contributed by atoms with E-state index in [-0.39, 0.29) is 16.5 Å². The van der Waals surface area contributed by atoms with E-state index in [1.165, 1.54) is 0 Å². The zero-order valence-corrected chi connectivity index (χ0v) is 10.3. The molecule has 14 heavy (non-hydrogen) atoms. The summed E-state index contributed by atoms with van der Waals surface area (Å²) >= 11 is 3.19. The van der Waals surface area contributed by atoms with Crippen LogP contribution in [0.1, 0.15) is 20.8 Å². The van der Waals surface area contributed by atoms with E-state index in [1.54, 1.807) is 12.4 Å². The van der Waals surface area contributed by atoms with Gasteiger partial charge in [-0.05, 0) is 21.3 Å². The summed E-state index contributed by atoms with van der Waals surface area (Å²) in [5.41, 5.74) is 5.88. The molecule has 1 aromatic heterocycles. The molecular formula is C10H15BrN2O. The normalized spacial score (nSPS) is 11.7. The molecule has 1 aromatic rings. The standard InChI is InChI=1S/C10H15BrN2O/c1-10(2,3)6-13-4-7(11)9(14)8(12)5-13/h4-5H,6,12H2,1-3H3. The maximum Gasteiger partial charge on any atom is 0.218 e. The fraction of sp³-hybridized carbons (Fsp3) is 0.500. The van der Waals surface area contributed by atoms with Crippen LogP contribution in [0.5, 0.6) is 0 Å². The Bertz CT molecular complexity index is 364. The van der Waals surface area contributed by atoms with Crippen molar-refractivity contribution in [2.24, 2.45) is 5.41 Å². The predicted molar refractivity (Wildman–Crippen MR) is 62.3 cm³/mol. The summed E-state index contributed by atoms with van der Waals surface area (Å²) in [6.07, 6.45) is 3.45. The molecule has 1 heterocycles. The number of nitrogens with zero attached hydrogens (tertiary/aromatic N) is 1. The lowest BCUT2D eigenvalue weighted by atomic mass is 9.97. The summed E-state index contributed by atoms with van der Waals surface area (Å²) in [5, 5.41) is 0. The van der Waals surface area contributed by atoms with Gasteiger partial charge in [-0.25, -0.2) is 0 Å². The molecule has 0 fully saturated rings. The second-order valence-corrected chi connectivity index (χ2v) is 5.48. The van der Waals surface area contributed by atoms with Crippen molar-refractivity contribution in [3.05, 3.63) is 27.1 Å². The summed E-state index contributed by atoms with van der Waals surface area (Å²) in [5.74, 6) is 0. The topological polar surface area (TPSA) is 48.0 Å². The highest BCUT2D eigenvalue weighted by molar-refractivity contribution is 9.10. The number of anilines is 1. The number of hydrogen-bond donors (Lipinski definition) is 1. The SMILES string of the molecule is CC(C)(C)Cn1cc(N)c(=O)c(Br)c1. The van der Waals surface area contributed by atoms with E-state index in [0.717, 1.165) is 6.54 Å². The lowest BCUT2D eigenvalue weighted by Crippen LogP contribution is -2.19. The van der Waals surface area contributed by atoms with E-state index in [2.05, 4.69) is 36.7 Å². The molecule has 0 unspecified atom stereocenters. The highest BCUT2D eigenvalue weighted by Gasteiger charge is 2.11. The largest absolute Gasteiger partial charge is 0.394 e. The van der Waals surface area contributed by atoms with Gasteiger partial charge in [0.25, 0.3) is 0 Å². The number of pyridine rings is 1. The van der Waals surface area contributed by atoms with E-state index in [1.807, 2.05) is 4.57 Å². The highest BCUT2D eigenvalue weighted by Crippen LogP contribution is 2.17. The fourth-order valence-electron chi connectivity index (χ4n) is 1.26. The van der Waals surface area contributed by atoms with Crippen molar-refractivity contribution in [3.63, 3.8) is 0 Å². The van der Waals surface area contributed by atoms with Gasteiger partial charge in [0.2, 0.25) is 5.43 Å². The number of nitrogen functional groups attached to an aromatic ring is 1. The Morgan fingerprint density at radius 1 is 1.43 bits per heavy atom. The van der Waals surface area contributed by atoms with Crippen LogP contribution in [0.3, 0.4) is 0 Å². The van der Waals surface area contributed by atoms with Gasteiger partial charge in [0.1, 0.15) is 0 Å². The van der Waals surface area contributed by atoms with Gasteiger partial charge in [0.05, 0.1) is 10.2 Å². The van der Waals surface area contributed by atoms with Crippen molar-refractivity contribution < 1.29 is 0 Å². The Morgan fingerprint density at radius 2 is 2.00 bits per heavy atom. The lowest BCUT2D eigenvalue weighted by molar-refractivity contribution is 0.342. The summed E-state index contributed by atoms with van der Waals surface area (Å²) in [6.45, 7) is 7.23. The third kappa shape index (κ3) is 2.87. The lowest BCUT2D eigenvalue weighted by Gasteiger charge is -2.20. The average molecular weight is 259 g/mol. The van der Waals surface area contributed by atoms with Gasteiger partial charge < -0.3 is 10.3 Å². The van der Waals surface area contributed by atoms with E-state index in [4.69, 9.17) is 5.73 Å². The van der Waals surface area contributed by atoms with Gasteiger partial charge in [0, 0.05) is 18.9 Å². The summed E-state index contributed by atoms with van der Waals surface area (Å²) in [4.78, 5) is 11.3. The van der Waals surface area contributed by atoms with Crippen LogP contribution in [0.25, 0.3) is 0 Å². The van der Waals surface area contributed by atoms with Gasteiger partial charge in [-0.1, -0.05) is 20.8 Å². The minimum Gasteiger partial charge on any atom is -0.394 e. The second-order valence-electron chi connectivity index (χ2n) is 4.62. The van der Waals surface area contributed by atoms with Crippen LogP contribution < -0.4 is 11.2 Å². The zero-order chi connectivity index (χ0) is 10.9. The van der Waals surface area contributed by atoms with Crippen LogP contribution in [0.4, 0.5) is 5.69 Å². The Morgan fingerprint density at radius 3 is 2.43 bits per heavy atom. The molecule has 0 aromatic carbocycles. The average Bonchev–Trinajstić information content (AvgIpc) is 1.96. The summed E-state index contributed by atoms with van der Waals surface area (Å²) < 4.78 is 2.45. The molecule has 0 amide bonds. The Kier molecular flexibility index (Phi) is 3.04. The first-order valence-corrected chi connectivity index (χ1v) is 5.24. The van der Waals surface area contributed by atoms with Crippen LogP contribution in [0, 0.1) is 5.41 Å². The Labute approximate surface area is 92.1 Å². The Hall–Kier alpha value is -0.770. The molecule has 0 bridgehead atoms. The maximum absolute atomic E-state index is 11.3. The molecular weight excluding hydrogens is 244 g/mol. The summed E-state index contributed by atoms with van der Waals surface area (Å²) in [6, 6.07) is 0. The van der Waals surface area contributed by atoms with Gasteiger partial charge in [0.15, 0.2) is 0 Å². The fourth-order valence-corrected chi connectivity index (χ4v) is 1.75. The van der Waals surface area contributed by atoms with Crippen LogP contribution in [0.2, 0.25) is 0 Å². The van der Waals surface area contributed by atoms with Crippen LogP contribution in [0.15, 0.2) is 21.7 Å². The summed E-state index contributed by atoms with van der Waals surface area (Å²) in [7, 11) is 0. The third-order valence-corrected chi connectivity index (χ3v) is 2.28. The second kappa shape index (κ2) is 3.77. The van der Waals surface area contributed by atoms with Crippen LogP contribution in [-0.2, 0) is 6.54 Å². The molecule has 0 saturated heterocycles. The molecule has 78 valence electrons. The first-order chi connectivity index (χ1) is 6.29. The van der Waals surface area contributed by atoms with Gasteiger partial charge in [-0.15, -0.1) is 0 Å². The van der Waals surface area contributed by atoms with Crippen molar-refractivity contribution in [1.82, 2.24) is 4.57 Å². The molecule has 4 heteroatoms. The van der Waals surface area contributed by atoms with Gasteiger partial charge in [-0.2, -0.15) is 0 Å². The van der Waals surface area contributed by atoms with E-state index in [9.17, 15) is 4.79 Å². The maximum atomic E-state index is 11.3. The van der Waals surface area contributed by atoms with Gasteiger partial charge in [-0.3, -0.25) is 4.79 Å². The molecule has 0 spiro atoms. The monoisotopic (exact) mass is 258 g/mol. The molecule has 2 N–H and O–H groups in total. The van der Waals surface area contributed by atoms with Crippen LogP contribution in [-0.4, -0.2) is 4.57 Å². The molecule has 0 radical (unpaired) electrons. The minimum absolute atomic E-state index is 0.143. The van der Waals surface area contributed by atoms with E-state index >= 15 is 0 Å². The molecule has 0 aliphatic heterocycles. The zero-order valence-electron chi connectivity index (χ0n) is 8.67. The van der Waals surface area contributed by atoms with Crippen molar-refractivity contribution in [1.29, 1.82) is 0 Å². The van der Waals surface area contributed by atoms with Crippen molar-refractivity contribution in [3.8, 4) is 0 Å². The highest BCUT2D eigenvalue weighted by atomic mass is 79.9. The molecule has 0 aliphatic carbocycles. The van der Waals surface area contributed by atoms with Crippen LogP contribution >= 0.6 is 15.9 Å². The molecule has 0 atom stereocenters. The van der Waals surface area contributed by atoms with Crippen molar-refractivity contribution in [2.75, 3.05) is 5.73 Å². The quantitative estimate of drug-likeness (QED) is 0.840. The van der Waals surface area contributed by atoms with Crippen molar-refractivity contribution in [2.45, 2.75) is 27.3 Å². The van der Waals surface area contributed by atoms with E-state index in [0.29, 0.717) is 4.47 Å². The Balaban J connectivity index is 3.08. The third-order valence-electron chi connectivity index (χ3n) is 1.72. The first kappa shape index (κ1) is 11.3. The number of rotatable bonds is 1. The smallest absolute Gasteiger partial charge is 0.218 e. The van der Waals surface area contributed by atoms with Gasteiger partial charge >= 0.3 is 0 Å². The minimum atomic E-state index is -0.143. The first-order valence-electron chi connectivity index (χ1n) is 4.45. The number of aromatic nitrogens is 1.